The third kappa shape index (κ3) is 4.67. The number of nitrogens with zero attached hydrogens (tertiary/aromatic N) is 3. The second-order valence-corrected chi connectivity index (χ2v) is 8.15. The first-order valence-electron chi connectivity index (χ1n) is 8.91. The van der Waals surface area contributed by atoms with Crippen molar-refractivity contribution in [3.05, 3.63) is 70.3 Å². The van der Waals surface area contributed by atoms with Gasteiger partial charge in [-0.1, -0.05) is 30.3 Å². The van der Waals surface area contributed by atoms with Crippen LogP contribution in [0.15, 0.2) is 59.5 Å². The molecular weight excluding hydrogens is 362 g/mol. The first-order valence-corrected chi connectivity index (χ1v) is 9.79. The zero-order valence-electron chi connectivity index (χ0n) is 15.4. The largest absolute Gasteiger partial charge is 0.332 e. The zero-order valence-corrected chi connectivity index (χ0v) is 16.3. The monoisotopic (exact) mass is 385 g/mol. The lowest BCUT2D eigenvalue weighted by Crippen LogP contribution is -2.51. The number of thioether (sulfide) groups is 1. The van der Waals surface area contributed by atoms with Gasteiger partial charge in [-0.15, -0.1) is 11.8 Å². The van der Waals surface area contributed by atoms with Crippen LogP contribution in [0.3, 0.4) is 0 Å². The molecule has 0 spiro atoms. The van der Waals surface area contributed by atoms with E-state index in [4.69, 9.17) is 0 Å². The normalized spacial score (nSPS) is 18.9. The summed E-state index contributed by atoms with van der Waals surface area (Å²) in [5.74, 6) is 0.0975. The maximum Gasteiger partial charge on any atom is 0.269 e. The van der Waals surface area contributed by atoms with Gasteiger partial charge in [-0.2, -0.15) is 0 Å². The Bertz CT molecular complexity index is 798. The molecule has 0 aliphatic carbocycles. The molecule has 2 aromatic carbocycles. The summed E-state index contributed by atoms with van der Waals surface area (Å²) in [6.07, 6.45) is 0. The van der Waals surface area contributed by atoms with Crippen molar-refractivity contribution in [1.82, 2.24) is 9.80 Å². The number of hydrogen-bond donors (Lipinski definition) is 0. The number of amides is 1. The van der Waals surface area contributed by atoms with Gasteiger partial charge in [0.25, 0.3) is 5.69 Å². The Morgan fingerprint density at radius 2 is 1.81 bits per heavy atom. The molecule has 0 radical (unpaired) electrons. The average Bonchev–Trinajstić information content (AvgIpc) is 2.68. The molecule has 27 heavy (non-hydrogen) atoms. The molecule has 1 saturated heterocycles. The van der Waals surface area contributed by atoms with Gasteiger partial charge in [0.15, 0.2) is 0 Å². The van der Waals surface area contributed by atoms with Gasteiger partial charge in [0, 0.05) is 36.7 Å². The summed E-state index contributed by atoms with van der Waals surface area (Å²) in [6.45, 7) is 4.25. The molecular formula is C20H23N3O3S. The number of carbonyl (C=O) groups excluding carboxylic acids is 1. The van der Waals surface area contributed by atoms with Gasteiger partial charge in [0.1, 0.15) is 0 Å². The Morgan fingerprint density at radius 3 is 2.44 bits per heavy atom. The molecule has 0 bridgehead atoms. The molecule has 3 rings (SSSR count). The van der Waals surface area contributed by atoms with Crippen LogP contribution < -0.4 is 0 Å². The fraction of sp³-hybridized carbons (Fsp3) is 0.350. The minimum Gasteiger partial charge on any atom is -0.332 e. The summed E-state index contributed by atoms with van der Waals surface area (Å²) in [7, 11) is 2.08. The van der Waals surface area contributed by atoms with Crippen molar-refractivity contribution in [2.24, 2.45) is 0 Å². The molecule has 1 fully saturated rings. The summed E-state index contributed by atoms with van der Waals surface area (Å²) in [6, 6.07) is 16.5. The Kier molecular flexibility index (Phi) is 6.13. The van der Waals surface area contributed by atoms with Crippen molar-refractivity contribution in [2.45, 2.75) is 23.1 Å². The molecule has 0 aromatic heterocycles. The number of benzene rings is 2. The highest BCUT2D eigenvalue weighted by Crippen LogP contribution is 2.31. The number of nitro benzene ring substituents is 1. The Balaban J connectivity index is 1.73. The zero-order chi connectivity index (χ0) is 19.4. The lowest BCUT2D eigenvalue weighted by molar-refractivity contribution is -0.384. The Hall–Kier alpha value is -2.38. The van der Waals surface area contributed by atoms with E-state index < -0.39 is 4.92 Å². The molecule has 0 N–H and O–H groups in total. The van der Waals surface area contributed by atoms with Crippen LogP contribution >= 0.6 is 11.8 Å². The molecule has 6 nitrogen and oxygen atoms in total. The third-order valence-electron chi connectivity index (χ3n) is 4.76. The third-order valence-corrected chi connectivity index (χ3v) is 5.86. The Labute approximate surface area is 163 Å². The van der Waals surface area contributed by atoms with Gasteiger partial charge in [0.05, 0.1) is 16.2 Å². The lowest BCUT2D eigenvalue weighted by atomic mass is 10.0. The number of hydrogen-bond acceptors (Lipinski definition) is 5. The predicted octanol–water partition coefficient (Wildman–Crippen LogP) is 3.59. The number of piperazine rings is 1. The van der Waals surface area contributed by atoms with Gasteiger partial charge in [-0.05, 0) is 31.7 Å². The highest BCUT2D eigenvalue weighted by atomic mass is 32.2. The van der Waals surface area contributed by atoms with E-state index in [-0.39, 0.29) is 22.9 Å². The van der Waals surface area contributed by atoms with E-state index in [1.807, 2.05) is 30.0 Å². The first kappa shape index (κ1) is 19.4. The fourth-order valence-electron chi connectivity index (χ4n) is 3.28. The fourth-order valence-corrected chi connectivity index (χ4v) is 4.22. The lowest BCUT2D eigenvalue weighted by Gasteiger charge is -2.41. The van der Waals surface area contributed by atoms with Crippen LogP contribution in [0.5, 0.6) is 0 Å². The van der Waals surface area contributed by atoms with Gasteiger partial charge >= 0.3 is 0 Å². The maximum absolute atomic E-state index is 13.1. The van der Waals surface area contributed by atoms with Crippen molar-refractivity contribution in [3.8, 4) is 0 Å². The molecule has 1 aliphatic heterocycles. The molecule has 2 aromatic rings. The maximum atomic E-state index is 13.1. The van der Waals surface area contributed by atoms with Crippen LogP contribution in [-0.2, 0) is 4.79 Å². The van der Waals surface area contributed by atoms with Crippen LogP contribution in [-0.4, -0.2) is 52.6 Å². The van der Waals surface area contributed by atoms with Crippen molar-refractivity contribution >= 4 is 23.4 Å². The van der Waals surface area contributed by atoms with E-state index in [0.717, 1.165) is 23.5 Å². The Morgan fingerprint density at radius 1 is 1.15 bits per heavy atom. The molecule has 142 valence electrons. The molecule has 7 heteroatoms. The van der Waals surface area contributed by atoms with E-state index in [9.17, 15) is 14.9 Å². The van der Waals surface area contributed by atoms with Crippen LogP contribution in [0.1, 0.15) is 18.5 Å². The number of non-ortho nitro benzene ring substituents is 1. The minimum atomic E-state index is -0.419. The van der Waals surface area contributed by atoms with Gasteiger partial charge in [-0.25, -0.2) is 0 Å². The standard InChI is InChI=1S/C20H23N3O3S/c1-15(27-18-10-8-17(9-11-18)23(25)26)20(24)22-13-12-21(2)14-19(22)16-6-4-3-5-7-16/h3-11,15,19H,12-14H2,1-2H3. The van der Waals surface area contributed by atoms with E-state index in [1.54, 1.807) is 12.1 Å². The highest BCUT2D eigenvalue weighted by molar-refractivity contribution is 8.00. The summed E-state index contributed by atoms with van der Waals surface area (Å²) in [5.41, 5.74) is 1.20. The quantitative estimate of drug-likeness (QED) is 0.447. The SMILES string of the molecule is CC(Sc1ccc([N+](=O)[O-])cc1)C(=O)N1CCN(C)CC1c1ccccc1. The topological polar surface area (TPSA) is 66.7 Å². The van der Waals surface area contributed by atoms with E-state index in [2.05, 4.69) is 24.1 Å². The second kappa shape index (κ2) is 8.54. The second-order valence-electron chi connectivity index (χ2n) is 6.73. The summed E-state index contributed by atoms with van der Waals surface area (Å²) in [5, 5.41) is 10.5. The average molecular weight is 385 g/mol. The number of likely N-dealkylation sites (N-methyl/N-ethyl adjacent to an activating group) is 1. The number of carbonyl (C=O) groups is 1. The molecule has 0 saturated carbocycles. The van der Waals surface area contributed by atoms with Gasteiger partial charge in [-0.3, -0.25) is 14.9 Å². The number of nitro groups is 1. The summed E-state index contributed by atoms with van der Waals surface area (Å²) >= 11 is 1.44. The first-order chi connectivity index (χ1) is 13.0. The smallest absolute Gasteiger partial charge is 0.269 e. The van der Waals surface area contributed by atoms with Gasteiger partial charge < -0.3 is 9.80 Å². The molecule has 1 heterocycles. The van der Waals surface area contributed by atoms with Crippen LogP contribution in [0.25, 0.3) is 0 Å². The van der Waals surface area contributed by atoms with Gasteiger partial charge in [0.2, 0.25) is 5.91 Å². The van der Waals surface area contributed by atoms with Crippen molar-refractivity contribution < 1.29 is 9.72 Å². The predicted molar refractivity (Wildman–Crippen MR) is 107 cm³/mol. The summed E-state index contributed by atoms with van der Waals surface area (Å²) in [4.78, 5) is 28.6. The van der Waals surface area contributed by atoms with Crippen molar-refractivity contribution in [1.29, 1.82) is 0 Å². The van der Waals surface area contributed by atoms with E-state index in [1.165, 1.54) is 23.9 Å². The van der Waals surface area contributed by atoms with Crippen LogP contribution in [0.2, 0.25) is 0 Å². The summed E-state index contributed by atoms with van der Waals surface area (Å²) < 4.78 is 0. The van der Waals surface area contributed by atoms with Crippen LogP contribution in [0.4, 0.5) is 5.69 Å². The molecule has 2 atom stereocenters. The molecule has 1 aliphatic rings. The molecule has 1 amide bonds. The number of rotatable bonds is 5. The van der Waals surface area contributed by atoms with Crippen molar-refractivity contribution in [2.75, 3.05) is 26.7 Å². The van der Waals surface area contributed by atoms with Crippen LogP contribution in [0, 0.1) is 10.1 Å². The molecule has 2 unspecified atom stereocenters. The van der Waals surface area contributed by atoms with Crippen molar-refractivity contribution in [3.63, 3.8) is 0 Å². The van der Waals surface area contributed by atoms with E-state index in [0.29, 0.717) is 6.54 Å². The minimum absolute atomic E-state index is 0.0392. The van der Waals surface area contributed by atoms with E-state index >= 15 is 0 Å². The highest BCUT2D eigenvalue weighted by Gasteiger charge is 2.32.